The summed E-state index contributed by atoms with van der Waals surface area (Å²) in [7, 11) is 0. The van der Waals surface area contributed by atoms with Gasteiger partial charge in [0.05, 0.1) is 11.5 Å². The topological polar surface area (TPSA) is 75.5 Å². The zero-order chi connectivity index (χ0) is 17.8. The van der Waals surface area contributed by atoms with E-state index in [1.54, 1.807) is 0 Å². The van der Waals surface area contributed by atoms with E-state index in [1.165, 1.54) is 24.3 Å². The van der Waals surface area contributed by atoms with Crippen molar-refractivity contribution in [1.82, 2.24) is 4.90 Å². The van der Waals surface area contributed by atoms with Crippen LogP contribution in [0.15, 0.2) is 48.5 Å². The second kappa shape index (κ2) is 7.63. The highest BCUT2D eigenvalue weighted by Crippen LogP contribution is 2.28. The Morgan fingerprint density at radius 1 is 1.16 bits per heavy atom. The van der Waals surface area contributed by atoms with Crippen molar-refractivity contribution in [3.8, 4) is 0 Å². The summed E-state index contributed by atoms with van der Waals surface area (Å²) in [4.78, 5) is 24.6. The Balaban J connectivity index is 1.59. The molecule has 2 aromatic carbocycles. The Hall–Kier alpha value is -2.44. The van der Waals surface area contributed by atoms with Crippen molar-refractivity contribution in [2.45, 2.75) is 25.4 Å². The molecule has 1 amide bonds. The number of nitrogens with one attached hydrogen (secondary N) is 1. The van der Waals surface area contributed by atoms with E-state index in [0.717, 1.165) is 18.4 Å². The standard InChI is InChI=1S/C18H18ClN3O3/c19-14-3-1-13(2-4-14)11-21(16-9-10-16)12-18(23)20-15-5-7-17(8-6-15)22(24)25/h1-8,16H,9-12H2,(H,20,23). The van der Waals surface area contributed by atoms with Crippen LogP contribution in [-0.4, -0.2) is 28.3 Å². The van der Waals surface area contributed by atoms with Crippen LogP contribution in [0, 0.1) is 10.1 Å². The lowest BCUT2D eigenvalue weighted by atomic mass is 10.2. The lowest BCUT2D eigenvalue weighted by molar-refractivity contribution is -0.384. The van der Waals surface area contributed by atoms with Crippen LogP contribution in [0.25, 0.3) is 0 Å². The first kappa shape index (κ1) is 17.4. The molecule has 1 N–H and O–H groups in total. The molecule has 0 radical (unpaired) electrons. The van der Waals surface area contributed by atoms with E-state index in [9.17, 15) is 14.9 Å². The molecule has 6 nitrogen and oxygen atoms in total. The number of carbonyl (C=O) groups is 1. The third kappa shape index (κ3) is 5.01. The Morgan fingerprint density at radius 3 is 2.36 bits per heavy atom. The van der Waals surface area contributed by atoms with E-state index in [1.807, 2.05) is 24.3 Å². The maximum Gasteiger partial charge on any atom is 0.269 e. The summed E-state index contributed by atoms with van der Waals surface area (Å²) < 4.78 is 0. The smallest absolute Gasteiger partial charge is 0.269 e. The monoisotopic (exact) mass is 359 g/mol. The van der Waals surface area contributed by atoms with Crippen LogP contribution in [0.5, 0.6) is 0 Å². The van der Waals surface area contributed by atoms with Gasteiger partial charge in [-0.1, -0.05) is 23.7 Å². The molecule has 25 heavy (non-hydrogen) atoms. The van der Waals surface area contributed by atoms with E-state index < -0.39 is 4.92 Å². The SMILES string of the molecule is O=C(CN(Cc1ccc(Cl)cc1)C1CC1)Nc1ccc([N+](=O)[O-])cc1. The predicted octanol–water partition coefficient (Wildman–Crippen LogP) is 3.85. The van der Waals surface area contributed by atoms with Gasteiger partial charge in [0, 0.05) is 35.4 Å². The normalized spacial score (nSPS) is 13.7. The summed E-state index contributed by atoms with van der Waals surface area (Å²) in [6.07, 6.45) is 2.19. The van der Waals surface area contributed by atoms with Crippen LogP contribution in [0.2, 0.25) is 5.02 Å². The first-order valence-corrected chi connectivity index (χ1v) is 8.42. The number of non-ortho nitro benzene ring substituents is 1. The van der Waals surface area contributed by atoms with Crippen molar-refractivity contribution < 1.29 is 9.72 Å². The van der Waals surface area contributed by atoms with Crippen LogP contribution in [0.3, 0.4) is 0 Å². The van der Waals surface area contributed by atoms with Gasteiger partial charge in [0.2, 0.25) is 5.91 Å². The molecule has 7 heteroatoms. The van der Waals surface area contributed by atoms with E-state index in [4.69, 9.17) is 11.6 Å². The van der Waals surface area contributed by atoms with Gasteiger partial charge < -0.3 is 5.32 Å². The van der Waals surface area contributed by atoms with Gasteiger partial charge in [-0.2, -0.15) is 0 Å². The molecule has 0 atom stereocenters. The van der Waals surface area contributed by atoms with Crippen LogP contribution < -0.4 is 5.32 Å². The largest absolute Gasteiger partial charge is 0.325 e. The fraction of sp³-hybridized carbons (Fsp3) is 0.278. The second-order valence-electron chi connectivity index (χ2n) is 6.11. The number of rotatable bonds is 7. The van der Waals surface area contributed by atoms with Gasteiger partial charge in [0.25, 0.3) is 5.69 Å². The molecule has 1 aliphatic rings. The minimum atomic E-state index is -0.466. The Morgan fingerprint density at radius 2 is 1.80 bits per heavy atom. The fourth-order valence-electron chi connectivity index (χ4n) is 2.63. The molecule has 0 aromatic heterocycles. The van der Waals surface area contributed by atoms with Gasteiger partial charge in [-0.05, 0) is 42.7 Å². The van der Waals surface area contributed by atoms with Crippen LogP contribution in [-0.2, 0) is 11.3 Å². The molecular weight excluding hydrogens is 342 g/mol. The van der Waals surface area contributed by atoms with Gasteiger partial charge in [-0.15, -0.1) is 0 Å². The minimum absolute atomic E-state index is 0.000319. The molecule has 130 valence electrons. The van der Waals surface area contributed by atoms with Gasteiger partial charge in [-0.25, -0.2) is 0 Å². The van der Waals surface area contributed by atoms with Crippen LogP contribution >= 0.6 is 11.6 Å². The minimum Gasteiger partial charge on any atom is -0.325 e. The average Bonchev–Trinajstić information content (AvgIpc) is 3.41. The third-order valence-electron chi connectivity index (χ3n) is 4.07. The summed E-state index contributed by atoms with van der Waals surface area (Å²) in [6, 6.07) is 13.9. The van der Waals surface area contributed by atoms with Gasteiger partial charge in [0.1, 0.15) is 0 Å². The number of halogens is 1. The average molecular weight is 360 g/mol. The molecule has 0 heterocycles. The number of nitro benzene ring substituents is 1. The van der Waals surface area contributed by atoms with Crippen molar-refractivity contribution in [1.29, 1.82) is 0 Å². The fourth-order valence-corrected chi connectivity index (χ4v) is 2.76. The highest BCUT2D eigenvalue weighted by atomic mass is 35.5. The molecule has 0 saturated heterocycles. The van der Waals surface area contributed by atoms with E-state index in [-0.39, 0.29) is 18.1 Å². The molecule has 2 aromatic rings. The first-order valence-electron chi connectivity index (χ1n) is 8.04. The van der Waals surface area contributed by atoms with Gasteiger partial charge in [-0.3, -0.25) is 19.8 Å². The number of hydrogen-bond donors (Lipinski definition) is 1. The molecule has 0 aliphatic heterocycles. The molecule has 0 spiro atoms. The zero-order valence-corrected chi connectivity index (χ0v) is 14.3. The summed E-state index contributed by atoms with van der Waals surface area (Å²) in [5.74, 6) is -0.130. The van der Waals surface area contributed by atoms with Gasteiger partial charge >= 0.3 is 0 Å². The van der Waals surface area contributed by atoms with Crippen molar-refractivity contribution in [2.75, 3.05) is 11.9 Å². The number of hydrogen-bond acceptors (Lipinski definition) is 4. The molecular formula is C18H18ClN3O3. The molecule has 0 unspecified atom stereocenters. The lowest BCUT2D eigenvalue weighted by Gasteiger charge is -2.21. The highest BCUT2D eigenvalue weighted by Gasteiger charge is 2.30. The Kier molecular flexibility index (Phi) is 5.31. The molecule has 0 bridgehead atoms. The van der Waals surface area contributed by atoms with E-state index in [2.05, 4.69) is 10.2 Å². The number of benzene rings is 2. The van der Waals surface area contributed by atoms with Crippen molar-refractivity contribution in [2.24, 2.45) is 0 Å². The zero-order valence-electron chi connectivity index (χ0n) is 13.5. The predicted molar refractivity (Wildman–Crippen MR) is 96.6 cm³/mol. The Labute approximate surface area is 150 Å². The summed E-state index contributed by atoms with van der Waals surface area (Å²) in [5.41, 5.74) is 1.66. The maximum absolute atomic E-state index is 12.3. The quantitative estimate of drug-likeness (QED) is 0.601. The molecule has 3 rings (SSSR count). The molecule has 1 saturated carbocycles. The van der Waals surface area contributed by atoms with E-state index >= 15 is 0 Å². The van der Waals surface area contributed by atoms with Crippen molar-refractivity contribution in [3.05, 3.63) is 69.2 Å². The van der Waals surface area contributed by atoms with Crippen molar-refractivity contribution in [3.63, 3.8) is 0 Å². The van der Waals surface area contributed by atoms with Crippen LogP contribution in [0.1, 0.15) is 18.4 Å². The number of nitrogens with zero attached hydrogens (tertiary/aromatic N) is 2. The number of carbonyl (C=O) groups excluding carboxylic acids is 1. The lowest BCUT2D eigenvalue weighted by Crippen LogP contribution is -2.34. The molecule has 1 aliphatic carbocycles. The number of nitro groups is 1. The van der Waals surface area contributed by atoms with Crippen LogP contribution in [0.4, 0.5) is 11.4 Å². The molecule has 1 fully saturated rings. The number of anilines is 1. The van der Waals surface area contributed by atoms with E-state index in [0.29, 0.717) is 23.3 Å². The first-order chi connectivity index (χ1) is 12.0. The van der Waals surface area contributed by atoms with Crippen molar-refractivity contribution >= 4 is 28.9 Å². The third-order valence-corrected chi connectivity index (χ3v) is 4.32. The Bertz CT molecular complexity index is 758. The number of amides is 1. The summed E-state index contributed by atoms with van der Waals surface area (Å²) in [6.45, 7) is 0.972. The summed E-state index contributed by atoms with van der Waals surface area (Å²) in [5, 5.41) is 14.1. The van der Waals surface area contributed by atoms with Gasteiger partial charge in [0.15, 0.2) is 0 Å². The maximum atomic E-state index is 12.3. The summed E-state index contributed by atoms with van der Waals surface area (Å²) >= 11 is 5.91. The highest BCUT2D eigenvalue weighted by molar-refractivity contribution is 6.30. The second-order valence-corrected chi connectivity index (χ2v) is 6.55.